The number of nitrogens with one attached hydrogen (secondary N) is 1. The number of carbonyl (C=O) groups excluding carboxylic acids is 1. The number of hydrogen-bond acceptors (Lipinski definition) is 6. The first kappa shape index (κ1) is 17.1. The average Bonchev–Trinajstić information content (AvgIpc) is 3.29. The summed E-state index contributed by atoms with van der Waals surface area (Å²) in [6.07, 6.45) is 1.58. The van der Waals surface area contributed by atoms with E-state index < -0.39 is 6.04 Å². The Morgan fingerprint density at radius 2 is 2.15 bits per heavy atom. The van der Waals surface area contributed by atoms with Crippen LogP contribution in [0.1, 0.15) is 31.0 Å². The van der Waals surface area contributed by atoms with Gasteiger partial charge in [-0.15, -0.1) is 5.10 Å². The molecule has 1 unspecified atom stereocenters. The van der Waals surface area contributed by atoms with Gasteiger partial charge in [-0.25, -0.2) is 9.48 Å². The number of furan rings is 1. The Morgan fingerprint density at radius 3 is 2.85 bits per heavy atom. The molecule has 0 radical (unpaired) electrons. The fourth-order valence-electron chi connectivity index (χ4n) is 3.28. The van der Waals surface area contributed by atoms with Crippen LogP contribution < -0.4 is 5.32 Å². The second-order valence-electron chi connectivity index (χ2n) is 6.38. The minimum atomic E-state index is -0.434. The van der Waals surface area contributed by atoms with E-state index in [1.165, 1.54) is 0 Å². The third-order valence-corrected chi connectivity index (χ3v) is 4.45. The SMILES string of the molecule is CCOC(=O)C1=C(C)Nc2nc(-c3ccco3)nn2C1c1cccc(C)c1. The summed E-state index contributed by atoms with van der Waals surface area (Å²) in [6.45, 7) is 5.96. The minimum absolute atomic E-state index is 0.304. The molecule has 1 aliphatic rings. The van der Waals surface area contributed by atoms with E-state index in [0.29, 0.717) is 35.4 Å². The molecule has 1 N–H and O–H groups in total. The van der Waals surface area contributed by atoms with Gasteiger partial charge in [0, 0.05) is 5.70 Å². The Morgan fingerprint density at radius 1 is 1.30 bits per heavy atom. The van der Waals surface area contributed by atoms with E-state index in [1.807, 2.05) is 38.1 Å². The van der Waals surface area contributed by atoms with Gasteiger partial charge in [-0.3, -0.25) is 0 Å². The highest BCUT2D eigenvalue weighted by Crippen LogP contribution is 2.37. The van der Waals surface area contributed by atoms with Gasteiger partial charge < -0.3 is 14.5 Å². The lowest BCUT2D eigenvalue weighted by atomic mass is 9.95. The lowest BCUT2D eigenvalue weighted by molar-refractivity contribution is -0.139. The molecule has 4 rings (SSSR count). The molecule has 2 aromatic heterocycles. The van der Waals surface area contributed by atoms with Crippen molar-refractivity contribution in [3.63, 3.8) is 0 Å². The Balaban J connectivity index is 1.88. The number of carbonyl (C=O) groups is 1. The summed E-state index contributed by atoms with van der Waals surface area (Å²) in [6, 6.07) is 11.2. The predicted molar refractivity (Wildman–Crippen MR) is 100.0 cm³/mol. The van der Waals surface area contributed by atoms with Crippen LogP contribution in [0, 0.1) is 6.92 Å². The van der Waals surface area contributed by atoms with E-state index in [2.05, 4.69) is 15.4 Å². The second kappa shape index (κ2) is 6.75. The monoisotopic (exact) mass is 364 g/mol. The number of anilines is 1. The van der Waals surface area contributed by atoms with Crippen molar-refractivity contribution < 1.29 is 13.9 Å². The van der Waals surface area contributed by atoms with Crippen molar-refractivity contribution >= 4 is 11.9 Å². The fourth-order valence-corrected chi connectivity index (χ4v) is 3.28. The molecule has 1 aliphatic heterocycles. The molecule has 0 amide bonds. The normalized spacial score (nSPS) is 16.0. The van der Waals surface area contributed by atoms with E-state index in [9.17, 15) is 4.79 Å². The van der Waals surface area contributed by atoms with Crippen molar-refractivity contribution in [2.75, 3.05) is 11.9 Å². The molecule has 3 aromatic rings. The van der Waals surface area contributed by atoms with E-state index in [1.54, 1.807) is 30.0 Å². The summed E-state index contributed by atoms with van der Waals surface area (Å²) in [5.41, 5.74) is 3.26. The van der Waals surface area contributed by atoms with Crippen LogP contribution in [0.15, 0.2) is 58.3 Å². The summed E-state index contributed by atoms with van der Waals surface area (Å²) in [7, 11) is 0. The molecule has 0 saturated heterocycles. The van der Waals surface area contributed by atoms with Crippen molar-refractivity contribution in [2.24, 2.45) is 0 Å². The molecule has 3 heterocycles. The number of ether oxygens (including phenoxy) is 1. The Kier molecular flexibility index (Phi) is 4.27. The van der Waals surface area contributed by atoms with Gasteiger partial charge in [-0.2, -0.15) is 4.98 Å². The number of fused-ring (bicyclic) bond motifs is 1. The lowest BCUT2D eigenvalue weighted by Gasteiger charge is -2.28. The fraction of sp³-hybridized carbons (Fsp3) is 0.250. The molecule has 27 heavy (non-hydrogen) atoms. The van der Waals surface area contributed by atoms with Gasteiger partial charge >= 0.3 is 5.97 Å². The molecular weight excluding hydrogens is 344 g/mol. The van der Waals surface area contributed by atoms with E-state index in [0.717, 1.165) is 11.1 Å². The molecule has 0 fully saturated rings. The molecule has 1 aromatic carbocycles. The third kappa shape index (κ3) is 3.01. The maximum atomic E-state index is 12.7. The van der Waals surface area contributed by atoms with Crippen LogP contribution in [0.5, 0.6) is 0 Å². The highest BCUT2D eigenvalue weighted by molar-refractivity contribution is 5.92. The molecule has 0 bridgehead atoms. The smallest absolute Gasteiger partial charge is 0.338 e. The van der Waals surface area contributed by atoms with E-state index in [-0.39, 0.29) is 5.97 Å². The first-order chi connectivity index (χ1) is 13.1. The first-order valence-electron chi connectivity index (χ1n) is 8.80. The summed E-state index contributed by atoms with van der Waals surface area (Å²) < 4.78 is 12.5. The second-order valence-corrected chi connectivity index (χ2v) is 6.38. The molecule has 138 valence electrons. The summed E-state index contributed by atoms with van der Waals surface area (Å²) in [5, 5.41) is 7.79. The average molecular weight is 364 g/mol. The number of nitrogens with zero attached hydrogens (tertiary/aromatic N) is 3. The number of benzene rings is 1. The van der Waals surface area contributed by atoms with Gasteiger partial charge in [-0.05, 0) is 38.5 Å². The Bertz CT molecular complexity index is 1020. The predicted octanol–water partition coefficient (Wildman–Crippen LogP) is 3.70. The molecule has 7 heteroatoms. The van der Waals surface area contributed by atoms with Crippen molar-refractivity contribution in [2.45, 2.75) is 26.8 Å². The van der Waals surface area contributed by atoms with Crippen LogP contribution in [-0.2, 0) is 9.53 Å². The number of hydrogen-bond donors (Lipinski definition) is 1. The van der Waals surface area contributed by atoms with Gasteiger partial charge in [0.1, 0.15) is 6.04 Å². The highest BCUT2D eigenvalue weighted by Gasteiger charge is 2.35. The zero-order valence-corrected chi connectivity index (χ0v) is 15.4. The van der Waals surface area contributed by atoms with Gasteiger partial charge in [0.05, 0.1) is 18.4 Å². The van der Waals surface area contributed by atoms with Crippen molar-refractivity contribution in [1.82, 2.24) is 14.8 Å². The largest absolute Gasteiger partial charge is 0.463 e. The van der Waals surface area contributed by atoms with E-state index in [4.69, 9.17) is 9.15 Å². The highest BCUT2D eigenvalue weighted by atomic mass is 16.5. The molecule has 0 spiro atoms. The van der Waals surface area contributed by atoms with Crippen LogP contribution in [0.25, 0.3) is 11.6 Å². The minimum Gasteiger partial charge on any atom is -0.463 e. The topological polar surface area (TPSA) is 82.2 Å². The molecule has 0 saturated carbocycles. The summed E-state index contributed by atoms with van der Waals surface area (Å²) in [5.74, 6) is 1.21. The van der Waals surface area contributed by atoms with Crippen LogP contribution >= 0.6 is 0 Å². The number of aryl methyl sites for hydroxylation is 1. The van der Waals surface area contributed by atoms with Gasteiger partial charge in [-0.1, -0.05) is 29.8 Å². The molecule has 1 atom stereocenters. The standard InChI is InChI=1S/C20H20N4O3/c1-4-26-19(25)16-13(3)21-20-22-18(15-9-6-10-27-15)23-24(20)17(16)14-8-5-7-12(2)11-14/h5-11,17H,4H2,1-3H3,(H,21,22,23). The molecule has 7 nitrogen and oxygen atoms in total. The van der Waals surface area contributed by atoms with E-state index >= 15 is 0 Å². The maximum Gasteiger partial charge on any atom is 0.338 e. The van der Waals surface area contributed by atoms with Gasteiger partial charge in [0.15, 0.2) is 5.76 Å². The molecular formula is C20H20N4O3. The molecule has 0 aliphatic carbocycles. The van der Waals surface area contributed by atoms with Crippen LogP contribution in [0.2, 0.25) is 0 Å². The van der Waals surface area contributed by atoms with Crippen LogP contribution in [-0.4, -0.2) is 27.3 Å². The van der Waals surface area contributed by atoms with Crippen LogP contribution in [0.3, 0.4) is 0 Å². The van der Waals surface area contributed by atoms with Crippen LogP contribution in [0.4, 0.5) is 5.95 Å². The number of rotatable bonds is 4. The summed E-state index contributed by atoms with van der Waals surface area (Å²) in [4.78, 5) is 17.3. The Hall–Kier alpha value is -3.35. The van der Waals surface area contributed by atoms with Crippen molar-refractivity contribution in [1.29, 1.82) is 0 Å². The Labute approximate surface area is 156 Å². The summed E-state index contributed by atoms with van der Waals surface area (Å²) >= 11 is 0. The zero-order valence-electron chi connectivity index (χ0n) is 15.4. The number of allylic oxidation sites excluding steroid dienone is 1. The maximum absolute atomic E-state index is 12.7. The lowest BCUT2D eigenvalue weighted by Crippen LogP contribution is -2.29. The number of esters is 1. The van der Waals surface area contributed by atoms with Crippen molar-refractivity contribution in [3.8, 4) is 11.6 Å². The third-order valence-electron chi connectivity index (χ3n) is 4.45. The quantitative estimate of drug-likeness (QED) is 0.711. The van der Waals surface area contributed by atoms with Gasteiger partial charge in [0.2, 0.25) is 11.8 Å². The van der Waals surface area contributed by atoms with Crippen molar-refractivity contribution in [3.05, 3.63) is 65.1 Å². The van der Waals surface area contributed by atoms with Gasteiger partial charge in [0.25, 0.3) is 0 Å². The zero-order chi connectivity index (χ0) is 19.0. The number of aromatic nitrogens is 3. The first-order valence-corrected chi connectivity index (χ1v) is 8.80.